The van der Waals surface area contributed by atoms with Gasteiger partial charge in [0.15, 0.2) is 0 Å². The number of carbonyl (C=O) groups excluding carboxylic acids is 1. The third-order valence-electron chi connectivity index (χ3n) is 2.81. The van der Waals surface area contributed by atoms with Gasteiger partial charge >= 0.3 is 0 Å². The van der Waals surface area contributed by atoms with Crippen LogP contribution in [0.2, 0.25) is 5.02 Å². The van der Waals surface area contributed by atoms with E-state index in [4.69, 9.17) is 16.1 Å². The van der Waals surface area contributed by atoms with Crippen LogP contribution in [0, 0.1) is 17.0 Å². The lowest BCUT2D eigenvalue weighted by atomic mass is 10.1. The summed E-state index contributed by atoms with van der Waals surface area (Å²) in [6, 6.07) is 5.66. The predicted molar refractivity (Wildman–Crippen MR) is 75.1 cm³/mol. The van der Waals surface area contributed by atoms with Gasteiger partial charge in [0.2, 0.25) is 0 Å². The van der Waals surface area contributed by atoms with E-state index in [0.29, 0.717) is 11.5 Å². The van der Waals surface area contributed by atoms with Crippen LogP contribution in [-0.4, -0.2) is 27.9 Å². The van der Waals surface area contributed by atoms with E-state index < -0.39 is 4.92 Å². The Balaban J connectivity index is 2.19. The smallest absolute Gasteiger partial charge is 0.288 e. The minimum atomic E-state index is -0.625. The zero-order chi connectivity index (χ0) is 15.6. The van der Waals surface area contributed by atoms with E-state index in [9.17, 15) is 14.9 Å². The van der Waals surface area contributed by atoms with E-state index in [0.717, 1.165) is 6.07 Å². The molecular weight excluding hydrogens is 298 g/mol. The number of carbonyl (C=O) groups is 1. The highest BCUT2D eigenvalue weighted by Crippen LogP contribution is 2.25. The number of hydrogen-bond donors (Lipinski definition) is 0. The Hall–Kier alpha value is -2.41. The van der Waals surface area contributed by atoms with Gasteiger partial charge in [-0.05, 0) is 19.1 Å². The summed E-state index contributed by atoms with van der Waals surface area (Å²) in [5, 5.41) is 14.6. The second-order valence-corrected chi connectivity index (χ2v) is 4.92. The molecule has 2 aromatic rings. The molecule has 1 aromatic carbocycles. The maximum Gasteiger partial charge on any atom is 0.288 e. The highest BCUT2D eigenvalue weighted by atomic mass is 35.5. The molecule has 1 heterocycles. The monoisotopic (exact) mass is 309 g/mol. The van der Waals surface area contributed by atoms with Crippen molar-refractivity contribution >= 4 is 23.2 Å². The van der Waals surface area contributed by atoms with Crippen LogP contribution in [0.1, 0.15) is 21.8 Å². The maximum absolute atomic E-state index is 12.2. The molecule has 1 aromatic heterocycles. The summed E-state index contributed by atoms with van der Waals surface area (Å²) >= 11 is 5.72. The SMILES string of the molecule is Cc1cc(CN(C)C(=O)c2ccc(Cl)c([N+](=O)[O-])c2)no1. The van der Waals surface area contributed by atoms with Gasteiger partial charge in [0.25, 0.3) is 11.6 Å². The summed E-state index contributed by atoms with van der Waals surface area (Å²) in [6.45, 7) is 1.99. The van der Waals surface area contributed by atoms with E-state index in [-0.39, 0.29) is 28.7 Å². The number of benzene rings is 1. The number of nitro benzene ring substituents is 1. The second-order valence-electron chi connectivity index (χ2n) is 4.51. The lowest BCUT2D eigenvalue weighted by Crippen LogP contribution is -2.26. The Labute approximate surface area is 125 Å². The van der Waals surface area contributed by atoms with Crippen molar-refractivity contribution in [2.24, 2.45) is 0 Å². The molecule has 7 nitrogen and oxygen atoms in total. The van der Waals surface area contributed by atoms with E-state index in [2.05, 4.69) is 5.16 Å². The van der Waals surface area contributed by atoms with Crippen molar-refractivity contribution in [3.63, 3.8) is 0 Å². The molecular formula is C13H12ClN3O4. The number of nitro groups is 1. The molecule has 110 valence electrons. The van der Waals surface area contributed by atoms with Gasteiger partial charge in [0.05, 0.1) is 11.5 Å². The van der Waals surface area contributed by atoms with Crippen LogP contribution >= 0.6 is 11.6 Å². The predicted octanol–water partition coefficient (Wildman–Crippen LogP) is 2.82. The molecule has 0 aliphatic heterocycles. The van der Waals surface area contributed by atoms with Crippen molar-refractivity contribution in [3.05, 3.63) is 56.4 Å². The van der Waals surface area contributed by atoms with Crippen LogP contribution in [0.25, 0.3) is 0 Å². The van der Waals surface area contributed by atoms with E-state index in [1.165, 1.54) is 17.0 Å². The van der Waals surface area contributed by atoms with Crippen LogP contribution in [0.3, 0.4) is 0 Å². The van der Waals surface area contributed by atoms with Gasteiger partial charge in [-0.1, -0.05) is 16.8 Å². The van der Waals surface area contributed by atoms with Gasteiger partial charge < -0.3 is 9.42 Å². The third-order valence-corrected chi connectivity index (χ3v) is 3.13. The summed E-state index contributed by atoms with van der Waals surface area (Å²) in [7, 11) is 1.58. The van der Waals surface area contributed by atoms with Gasteiger partial charge in [-0.15, -0.1) is 0 Å². The highest BCUT2D eigenvalue weighted by molar-refractivity contribution is 6.32. The fraction of sp³-hybridized carbons (Fsp3) is 0.231. The Morgan fingerprint density at radius 3 is 2.76 bits per heavy atom. The molecule has 0 aliphatic rings. The molecule has 2 rings (SSSR count). The number of aryl methyl sites for hydroxylation is 1. The minimum Gasteiger partial charge on any atom is -0.361 e. The summed E-state index contributed by atoms with van der Waals surface area (Å²) in [5.74, 6) is 0.281. The first-order valence-electron chi connectivity index (χ1n) is 6.00. The normalized spacial score (nSPS) is 10.4. The van der Waals surface area contributed by atoms with Gasteiger partial charge in [0, 0.05) is 24.7 Å². The molecule has 0 aliphatic carbocycles. The zero-order valence-corrected chi connectivity index (χ0v) is 12.1. The highest BCUT2D eigenvalue weighted by Gasteiger charge is 2.19. The molecule has 0 N–H and O–H groups in total. The molecule has 0 spiro atoms. The number of hydrogen-bond acceptors (Lipinski definition) is 5. The summed E-state index contributed by atoms with van der Waals surface area (Å²) < 4.78 is 4.92. The molecule has 0 saturated heterocycles. The van der Waals surface area contributed by atoms with Crippen molar-refractivity contribution in [2.45, 2.75) is 13.5 Å². The van der Waals surface area contributed by atoms with E-state index in [1.807, 2.05) is 0 Å². The first kappa shape index (κ1) is 15.0. The van der Waals surface area contributed by atoms with Crippen molar-refractivity contribution in [1.82, 2.24) is 10.1 Å². The molecule has 0 atom stereocenters. The number of amides is 1. The van der Waals surface area contributed by atoms with E-state index in [1.54, 1.807) is 20.0 Å². The number of halogens is 1. The lowest BCUT2D eigenvalue weighted by Gasteiger charge is -2.15. The maximum atomic E-state index is 12.2. The summed E-state index contributed by atoms with van der Waals surface area (Å²) in [4.78, 5) is 23.8. The van der Waals surface area contributed by atoms with Crippen LogP contribution in [0.5, 0.6) is 0 Å². The number of aromatic nitrogens is 1. The standard InChI is InChI=1S/C13H12ClN3O4/c1-8-5-10(15-21-8)7-16(2)13(18)9-3-4-11(14)12(6-9)17(19)20/h3-6H,7H2,1-2H3. The van der Waals surface area contributed by atoms with Crippen LogP contribution in [0.15, 0.2) is 28.8 Å². The van der Waals surface area contributed by atoms with Crippen molar-refractivity contribution < 1.29 is 14.2 Å². The van der Waals surface area contributed by atoms with Crippen molar-refractivity contribution in [3.8, 4) is 0 Å². The molecule has 8 heteroatoms. The van der Waals surface area contributed by atoms with E-state index >= 15 is 0 Å². The molecule has 0 radical (unpaired) electrons. The largest absolute Gasteiger partial charge is 0.361 e. The van der Waals surface area contributed by atoms with Crippen molar-refractivity contribution in [1.29, 1.82) is 0 Å². The molecule has 0 bridgehead atoms. The van der Waals surface area contributed by atoms with Gasteiger partial charge in [-0.25, -0.2) is 0 Å². The van der Waals surface area contributed by atoms with Gasteiger partial charge in [-0.2, -0.15) is 0 Å². The Morgan fingerprint density at radius 2 is 2.19 bits per heavy atom. The summed E-state index contributed by atoms with van der Waals surface area (Å²) in [6.07, 6.45) is 0. The van der Waals surface area contributed by atoms with Crippen molar-refractivity contribution in [2.75, 3.05) is 7.05 Å². The Morgan fingerprint density at radius 1 is 1.48 bits per heavy atom. The molecule has 0 fully saturated rings. The first-order valence-corrected chi connectivity index (χ1v) is 6.38. The zero-order valence-electron chi connectivity index (χ0n) is 11.4. The average molecular weight is 310 g/mol. The fourth-order valence-corrected chi connectivity index (χ4v) is 2.00. The van der Waals surface area contributed by atoms with Crippen LogP contribution in [-0.2, 0) is 6.54 Å². The first-order chi connectivity index (χ1) is 9.88. The van der Waals surface area contributed by atoms with Gasteiger partial charge in [0.1, 0.15) is 16.5 Å². The second kappa shape index (κ2) is 5.92. The van der Waals surface area contributed by atoms with Gasteiger partial charge in [-0.3, -0.25) is 14.9 Å². The fourth-order valence-electron chi connectivity index (χ4n) is 1.81. The topological polar surface area (TPSA) is 89.5 Å². The average Bonchev–Trinajstić information content (AvgIpc) is 2.83. The Kier molecular flexibility index (Phi) is 4.23. The molecule has 0 unspecified atom stereocenters. The third kappa shape index (κ3) is 3.38. The molecule has 0 saturated carbocycles. The number of rotatable bonds is 4. The quantitative estimate of drug-likeness (QED) is 0.640. The Bertz CT molecular complexity index is 698. The summed E-state index contributed by atoms with van der Waals surface area (Å²) in [5.41, 5.74) is 0.494. The molecule has 1 amide bonds. The minimum absolute atomic E-state index is 0.00803. The van der Waals surface area contributed by atoms with Crippen LogP contribution in [0.4, 0.5) is 5.69 Å². The number of nitrogens with zero attached hydrogens (tertiary/aromatic N) is 3. The lowest BCUT2D eigenvalue weighted by molar-refractivity contribution is -0.384. The molecule has 21 heavy (non-hydrogen) atoms. The van der Waals surface area contributed by atoms with Crippen LogP contribution < -0.4 is 0 Å².